The van der Waals surface area contributed by atoms with E-state index in [4.69, 9.17) is 4.98 Å². The van der Waals surface area contributed by atoms with Gasteiger partial charge in [0.25, 0.3) is 0 Å². The fourth-order valence-corrected chi connectivity index (χ4v) is 4.51. The standard InChI is InChI=1S/C27H45N7/c1-5-7-9-11-13-15-20-33-26(22-31(3)29-33)24-18-17-19-25(28-24)27-23-32(4)30-34(27)21-16-14-12-10-8-6-2/h17-19,22-23H,5-16,20-21H2,1-4H3/q+2. The molecule has 0 aliphatic heterocycles. The molecular weight excluding hydrogens is 422 g/mol. The molecule has 3 aromatic rings. The van der Waals surface area contributed by atoms with E-state index in [9.17, 15) is 0 Å². The number of rotatable bonds is 16. The molecule has 0 fully saturated rings. The van der Waals surface area contributed by atoms with Gasteiger partial charge in [0.2, 0.25) is 11.4 Å². The van der Waals surface area contributed by atoms with Crippen LogP contribution in [0.5, 0.6) is 0 Å². The monoisotopic (exact) mass is 467 g/mol. The van der Waals surface area contributed by atoms with Crippen molar-refractivity contribution in [3.63, 3.8) is 0 Å². The average molecular weight is 468 g/mol. The largest absolute Gasteiger partial charge is 0.240 e. The van der Waals surface area contributed by atoms with Crippen LogP contribution < -0.4 is 9.36 Å². The van der Waals surface area contributed by atoms with Crippen molar-refractivity contribution in [2.75, 3.05) is 0 Å². The molecule has 0 unspecified atom stereocenters. The lowest BCUT2D eigenvalue weighted by molar-refractivity contribution is -0.732. The zero-order valence-electron chi connectivity index (χ0n) is 21.9. The first kappa shape index (κ1) is 26.0. The molecule has 3 heterocycles. The second kappa shape index (κ2) is 14.0. The first-order valence-electron chi connectivity index (χ1n) is 13.5. The van der Waals surface area contributed by atoms with Crippen LogP contribution in [-0.2, 0) is 27.2 Å². The highest BCUT2D eigenvalue weighted by Gasteiger charge is 2.21. The molecule has 0 radical (unpaired) electrons. The molecule has 3 rings (SSSR count). The van der Waals surface area contributed by atoms with E-state index in [1.165, 1.54) is 64.2 Å². The lowest BCUT2D eigenvalue weighted by atomic mass is 10.1. The summed E-state index contributed by atoms with van der Waals surface area (Å²) in [5.41, 5.74) is 4.08. The van der Waals surface area contributed by atoms with Gasteiger partial charge in [-0.15, -0.1) is 18.7 Å². The van der Waals surface area contributed by atoms with E-state index >= 15 is 0 Å². The van der Waals surface area contributed by atoms with E-state index in [1.54, 1.807) is 0 Å². The van der Waals surface area contributed by atoms with Gasteiger partial charge in [-0.1, -0.05) is 71.3 Å². The minimum atomic E-state index is 0.930. The van der Waals surface area contributed by atoms with Crippen LogP contribution in [0, 0.1) is 0 Å². The normalized spacial score (nSPS) is 11.4. The van der Waals surface area contributed by atoms with E-state index in [-0.39, 0.29) is 0 Å². The number of hydrogen-bond donors (Lipinski definition) is 0. The van der Waals surface area contributed by atoms with Gasteiger partial charge < -0.3 is 0 Å². The minimum Gasteiger partial charge on any atom is -0.240 e. The number of hydrogen-bond acceptors (Lipinski definition) is 3. The third kappa shape index (κ3) is 7.74. The Balaban J connectivity index is 1.69. The van der Waals surface area contributed by atoms with Crippen LogP contribution >= 0.6 is 0 Å². The summed E-state index contributed by atoms with van der Waals surface area (Å²) in [5, 5.41) is 9.38. The second-order valence-electron chi connectivity index (χ2n) is 9.54. The quantitative estimate of drug-likeness (QED) is 0.215. The maximum absolute atomic E-state index is 5.05. The molecule has 0 atom stereocenters. The predicted octanol–water partition coefficient (Wildman–Crippen LogP) is 5.18. The highest BCUT2D eigenvalue weighted by molar-refractivity contribution is 5.60. The summed E-state index contributed by atoms with van der Waals surface area (Å²) in [5.74, 6) is 0. The summed E-state index contributed by atoms with van der Waals surface area (Å²) in [4.78, 5) is 5.05. The van der Waals surface area contributed by atoms with Gasteiger partial charge in [0, 0.05) is 0 Å². The second-order valence-corrected chi connectivity index (χ2v) is 9.54. The highest BCUT2D eigenvalue weighted by atomic mass is 15.5. The Morgan fingerprint density at radius 3 is 1.47 bits per heavy atom. The molecule has 7 heteroatoms. The van der Waals surface area contributed by atoms with Gasteiger partial charge >= 0.3 is 0 Å². The van der Waals surface area contributed by atoms with Gasteiger partial charge in [0.15, 0.2) is 12.4 Å². The molecule has 0 N–H and O–H groups in total. The van der Waals surface area contributed by atoms with E-state index < -0.39 is 0 Å². The molecule has 0 aromatic carbocycles. The summed E-state index contributed by atoms with van der Waals surface area (Å²) in [6.45, 7) is 6.38. The number of nitrogens with zero attached hydrogens (tertiary/aromatic N) is 7. The van der Waals surface area contributed by atoms with E-state index in [0.29, 0.717) is 0 Å². The molecule has 0 saturated heterocycles. The zero-order valence-corrected chi connectivity index (χ0v) is 21.9. The van der Waals surface area contributed by atoms with Crippen LogP contribution in [0.3, 0.4) is 0 Å². The van der Waals surface area contributed by atoms with Crippen LogP contribution in [0.2, 0.25) is 0 Å². The van der Waals surface area contributed by atoms with Crippen molar-refractivity contribution in [2.45, 2.75) is 104 Å². The van der Waals surface area contributed by atoms with Crippen LogP contribution in [-0.4, -0.2) is 24.8 Å². The van der Waals surface area contributed by atoms with Gasteiger partial charge in [0.05, 0.1) is 10.4 Å². The Bertz CT molecular complexity index is 913. The molecule has 186 valence electrons. The summed E-state index contributed by atoms with van der Waals surface area (Å²) in [7, 11) is 3.97. The van der Waals surface area contributed by atoms with E-state index in [0.717, 1.165) is 48.7 Å². The van der Waals surface area contributed by atoms with Crippen LogP contribution in [0.25, 0.3) is 22.8 Å². The van der Waals surface area contributed by atoms with Crippen molar-refractivity contribution < 1.29 is 9.36 Å². The van der Waals surface area contributed by atoms with E-state index in [2.05, 4.69) is 64.2 Å². The Morgan fingerprint density at radius 2 is 1.03 bits per heavy atom. The van der Waals surface area contributed by atoms with Crippen LogP contribution in [0.1, 0.15) is 90.9 Å². The number of pyridine rings is 1. The average Bonchev–Trinajstić information content (AvgIpc) is 3.40. The number of unbranched alkanes of at least 4 members (excludes halogenated alkanes) is 10. The number of aryl methyl sites for hydroxylation is 4. The van der Waals surface area contributed by atoms with Crippen molar-refractivity contribution in [1.82, 2.24) is 24.8 Å². The summed E-state index contributed by atoms with van der Waals surface area (Å²) in [6, 6.07) is 6.28. The van der Waals surface area contributed by atoms with Crippen molar-refractivity contribution in [3.05, 3.63) is 30.6 Å². The third-order valence-electron chi connectivity index (χ3n) is 6.39. The lowest BCUT2D eigenvalue weighted by Crippen LogP contribution is -2.30. The summed E-state index contributed by atoms with van der Waals surface area (Å²) >= 11 is 0. The van der Waals surface area contributed by atoms with Crippen molar-refractivity contribution in [3.8, 4) is 22.8 Å². The number of aromatic nitrogens is 7. The summed E-state index contributed by atoms with van der Waals surface area (Å²) in [6.07, 6.45) is 19.5. The predicted molar refractivity (Wildman–Crippen MR) is 136 cm³/mol. The molecule has 7 nitrogen and oxygen atoms in total. The fourth-order valence-electron chi connectivity index (χ4n) is 4.51. The van der Waals surface area contributed by atoms with Gasteiger partial charge in [-0.3, -0.25) is 0 Å². The minimum absolute atomic E-state index is 0.930. The Morgan fingerprint density at radius 1 is 0.618 bits per heavy atom. The molecule has 0 bridgehead atoms. The Hall–Kier alpha value is -2.57. The smallest absolute Gasteiger partial charge is 0.216 e. The van der Waals surface area contributed by atoms with Crippen molar-refractivity contribution in [1.29, 1.82) is 0 Å². The molecule has 3 aromatic heterocycles. The molecule has 0 aliphatic carbocycles. The van der Waals surface area contributed by atoms with Gasteiger partial charge in [-0.2, -0.15) is 0 Å². The maximum atomic E-state index is 5.05. The van der Waals surface area contributed by atoms with Crippen molar-refractivity contribution >= 4 is 0 Å². The van der Waals surface area contributed by atoms with Crippen LogP contribution in [0.15, 0.2) is 30.6 Å². The molecule has 0 amide bonds. The van der Waals surface area contributed by atoms with Gasteiger partial charge in [-0.25, -0.2) is 4.98 Å². The highest BCUT2D eigenvalue weighted by Crippen LogP contribution is 2.22. The van der Waals surface area contributed by atoms with E-state index in [1.807, 2.05) is 23.5 Å². The van der Waals surface area contributed by atoms with Gasteiger partial charge in [0.1, 0.15) is 38.6 Å². The SMILES string of the molecule is CCCCCCCCn1n[n+](C)cc1-c1cccc(-c2c[n+](C)nn2CCCCCCCC)n1. The van der Waals surface area contributed by atoms with Gasteiger partial charge in [-0.05, 0) is 37.8 Å². The zero-order chi connectivity index (χ0) is 24.2. The Labute approximate surface area is 205 Å². The molecule has 0 saturated carbocycles. The van der Waals surface area contributed by atoms with Crippen LogP contribution in [0.4, 0.5) is 0 Å². The molecule has 0 aliphatic rings. The fraction of sp³-hybridized carbons (Fsp3) is 0.667. The molecule has 0 spiro atoms. The third-order valence-corrected chi connectivity index (χ3v) is 6.39. The maximum Gasteiger partial charge on any atom is 0.216 e. The molecule has 34 heavy (non-hydrogen) atoms. The Kier molecular flexibility index (Phi) is 10.7. The summed E-state index contributed by atoms with van der Waals surface area (Å²) < 4.78 is 8.01. The topological polar surface area (TPSA) is 56.3 Å². The molecular formula is C27H45N7+2. The lowest BCUT2D eigenvalue weighted by Gasteiger charge is -2.03. The van der Waals surface area contributed by atoms with Crippen molar-refractivity contribution in [2.24, 2.45) is 14.1 Å². The first-order chi connectivity index (χ1) is 16.6. The first-order valence-corrected chi connectivity index (χ1v) is 13.5.